The lowest BCUT2D eigenvalue weighted by Crippen LogP contribution is -2.20. The normalized spacial score (nSPS) is 12.4. The lowest BCUT2D eigenvalue weighted by Gasteiger charge is -2.18. The number of hydrogen-bond donors (Lipinski definition) is 1. The molecule has 1 aromatic carbocycles. The number of nitrogens with one attached hydrogen (secondary N) is 1. The Labute approximate surface area is 130 Å². The Balaban J connectivity index is 2.21. The number of likely N-dealkylation sites (N-methyl/N-ethyl adjacent to an activating group) is 1. The summed E-state index contributed by atoms with van der Waals surface area (Å²) in [7, 11) is 1.98. The summed E-state index contributed by atoms with van der Waals surface area (Å²) in [5.41, 5.74) is 2.43. The lowest BCUT2D eigenvalue weighted by atomic mass is 9.94. The van der Waals surface area contributed by atoms with E-state index in [9.17, 15) is 0 Å². The number of benzene rings is 1. The van der Waals surface area contributed by atoms with E-state index in [4.69, 9.17) is 0 Å². The van der Waals surface area contributed by atoms with E-state index in [0.29, 0.717) is 5.92 Å². The van der Waals surface area contributed by atoms with E-state index in [2.05, 4.69) is 66.4 Å². The molecule has 0 spiro atoms. The molecule has 1 atom stereocenters. The summed E-state index contributed by atoms with van der Waals surface area (Å²) in [5, 5.41) is 3.27. The molecule has 1 N–H and O–H groups in total. The molecule has 2 nitrogen and oxygen atoms in total. The number of rotatable bonds is 5. The second-order valence-corrected chi connectivity index (χ2v) is 6.22. The van der Waals surface area contributed by atoms with Gasteiger partial charge in [-0.2, -0.15) is 0 Å². The first-order valence-electron chi connectivity index (χ1n) is 6.20. The molecule has 19 heavy (non-hydrogen) atoms. The van der Waals surface area contributed by atoms with Crippen LogP contribution in [0.4, 0.5) is 0 Å². The second-order valence-electron chi connectivity index (χ2n) is 4.45. The van der Waals surface area contributed by atoms with Crippen LogP contribution >= 0.6 is 31.9 Å². The van der Waals surface area contributed by atoms with Gasteiger partial charge in [0.1, 0.15) is 0 Å². The van der Waals surface area contributed by atoms with E-state index in [1.807, 2.05) is 25.4 Å². The standard InChI is InChI=1S/C15H16Br2N2/c1-18-9-11(14-4-2-3-5-15(14)17)8-13-7-6-12(16)10-19-13/h2-7,10-11,18H,8-9H2,1H3. The fourth-order valence-corrected chi connectivity index (χ4v) is 2.97. The fourth-order valence-electron chi connectivity index (χ4n) is 2.12. The van der Waals surface area contributed by atoms with Crippen molar-refractivity contribution < 1.29 is 0 Å². The van der Waals surface area contributed by atoms with Gasteiger partial charge < -0.3 is 5.32 Å². The van der Waals surface area contributed by atoms with Gasteiger partial charge in [-0.3, -0.25) is 4.98 Å². The summed E-state index contributed by atoms with van der Waals surface area (Å²) in [6, 6.07) is 12.5. The molecule has 0 aliphatic rings. The Kier molecular flexibility index (Phi) is 5.55. The van der Waals surface area contributed by atoms with Crippen LogP contribution in [-0.4, -0.2) is 18.6 Å². The van der Waals surface area contributed by atoms with Crippen molar-refractivity contribution in [3.8, 4) is 0 Å². The van der Waals surface area contributed by atoms with Crippen molar-refractivity contribution in [3.63, 3.8) is 0 Å². The van der Waals surface area contributed by atoms with Crippen molar-refractivity contribution in [1.29, 1.82) is 0 Å². The largest absolute Gasteiger partial charge is 0.319 e. The summed E-state index contributed by atoms with van der Waals surface area (Å²) >= 11 is 7.05. The molecule has 0 aliphatic heterocycles. The highest BCUT2D eigenvalue weighted by Gasteiger charge is 2.14. The van der Waals surface area contributed by atoms with E-state index in [1.54, 1.807) is 0 Å². The van der Waals surface area contributed by atoms with Gasteiger partial charge in [-0.05, 0) is 53.2 Å². The molecule has 0 aliphatic carbocycles. The molecule has 1 heterocycles. The first kappa shape index (κ1) is 14.7. The fraction of sp³-hybridized carbons (Fsp3) is 0.267. The molecule has 1 unspecified atom stereocenters. The van der Waals surface area contributed by atoms with Crippen LogP contribution in [0.15, 0.2) is 51.5 Å². The summed E-state index contributed by atoms with van der Waals surface area (Å²) < 4.78 is 2.18. The molecule has 0 radical (unpaired) electrons. The predicted octanol–water partition coefficient (Wildman–Crippen LogP) is 4.15. The number of nitrogens with zero attached hydrogens (tertiary/aromatic N) is 1. The van der Waals surface area contributed by atoms with Crippen LogP contribution in [0.3, 0.4) is 0 Å². The highest BCUT2D eigenvalue weighted by Crippen LogP contribution is 2.27. The monoisotopic (exact) mass is 382 g/mol. The van der Waals surface area contributed by atoms with Gasteiger partial charge >= 0.3 is 0 Å². The van der Waals surface area contributed by atoms with Crippen LogP contribution in [-0.2, 0) is 6.42 Å². The maximum Gasteiger partial charge on any atom is 0.0413 e. The molecule has 0 bridgehead atoms. The Morgan fingerprint density at radius 3 is 2.58 bits per heavy atom. The third-order valence-electron chi connectivity index (χ3n) is 3.04. The van der Waals surface area contributed by atoms with E-state index in [0.717, 1.165) is 27.6 Å². The third-order valence-corrected chi connectivity index (χ3v) is 4.23. The molecule has 0 fully saturated rings. The molecule has 0 saturated heterocycles. The van der Waals surface area contributed by atoms with Crippen LogP contribution < -0.4 is 5.32 Å². The van der Waals surface area contributed by atoms with Gasteiger partial charge in [-0.15, -0.1) is 0 Å². The van der Waals surface area contributed by atoms with E-state index >= 15 is 0 Å². The second kappa shape index (κ2) is 7.17. The summed E-state index contributed by atoms with van der Waals surface area (Å²) in [6.45, 7) is 0.931. The molecule has 4 heteroatoms. The topological polar surface area (TPSA) is 24.9 Å². The van der Waals surface area contributed by atoms with E-state index in [-0.39, 0.29) is 0 Å². The van der Waals surface area contributed by atoms with Crippen molar-refractivity contribution in [2.45, 2.75) is 12.3 Å². The summed E-state index contributed by atoms with van der Waals surface area (Å²) in [4.78, 5) is 4.47. The minimum absolute atomic E-state index is 0.411. The average Bonchev–Trinajstić information content (AvgIpc) is 2.41. The van der Waals surface area contributed by atoms with E-state index in [1.165, 1.54) is 5.56 Å². The minimum atomic E-state index is 0.411. The summed E-state index contributed by atoms with van der Waals surface area (Å²) in [5.74, 6) is 0.411. The van der Waals surface area contributed by atoms with Crippen LogP contribution in [0.2, 0.25) is 0 Å². The number of aromatic nitrogens is 1. The Hall–Kier alpha value is -0.710. The van der Waals surface area contributed by atoms with Crippen LogP contribution in [0.5, 0.6) is 0 Å². The van der Waals surface area contributed by atoms with Crippen LogP contribution in [0.25, 0.3) is 0 Å². The molecule has 2 aromatic rings. The SMILES string of the molecule is CNCC(Cc1ccc(Br)cn1)c1ccccc1Br. The Morgan fingerprint density at radius 1 is 1.16 bits per heavy atom. The molecule has 0 amide bonds. The maximum absolute atomic E-state index is 4.47. The van der Waals surface area contributed by atoms with Crippen LogP contribution in [0.1, 0.15) is 17.2 Å². The average molecular weight is 384 g/mol. The quantitative estimate of drug-likeness (QED) is 0.838. The van der Waals surface area contributed by atoms with Gasteiger partial charge in [-0.1, -0.05) is 34.1 Å². The van der Waals surface area contributed by atoms with Gasteiger partial charge in [0.25, 0.3) is 0 Å². The Bertz CT molecular complexity index is 526. The molecule has 2 rings (SSSR count). The van der Waals surface area contributed by atoms with Crippen molar-refractivity contribution in [2.24, 2.45) is 0 Å². The number of pyridine rings is 1. The van der Waals surface area contributed by atoms with Crippen molar-refractivity contribution in [3.05, 3.63) is 62.8 Å². The molecular weight excluding hydrogens is 368 g/mol. The lowest BCUT2D eigenvalue weighted by molar-refractivity contribution is 0.616. The molecule has 0 saturated carbocycles. The van der Waals surface area contributed by atoms with Crippen molar-refractivity contribution >= 4 is 31.9 Å². The highest BCUT2D eigenvalue weighted by atomic mass is 79.9. The van der Waals surface area contributed by atoms with Gasteiger partial charge in [0.15, 0.2) is 0 Å². The highest BCUT2D eigenvalue weighted by molar-refractivity contribution is 9.10. The summed E-state index contributed by atoms with van der Waals surface area (Å²) in [6.07, 6.45) is 2.78. The smallest absolute Gasteiger partial charge is 0.0413 e. The maximum atomic E-state index is 4.47. The molecule has 1 aromatic heterocycles. The van der Waals surface area contributed by atoms with Crippen LogP contribution in [0, 0.1) is 0 Å². The number of hydrogen-bond acceptors (Lipinski definition) is 2. The van der Waals surface area contributed by atoms with Gasteiger partial charge in [0.05, 0.1) is 0 Å². The zero-order chi connectivity index (χ0) is 13.7. The van der Waals surface area contributed by atoms with Gasteiger partial charge in [0.2, 0.25) is 0 Å². The molecular formula is C15H16Br2N2. The van der Waals surface area contributed by atoms with Gasteiger partial charge in [0, 0.05) is 33.3 Å². The predicted molar refractivity (Wildman–Crippen MR) is 86.5 cm³/mol. The van der Waals surface area contributed by atoms with Gasteiger partial charge in [-0.25, -0.2) is 0 Å². The number of halogens is 2. The minimum Gasteiger partial charge on any atom is -0.319 e. The van der Waals surface area contributed by atoms with Crippen molar-refractivity contribution in [2.75, 3.05) is 13.6 Å². The third kappa shape index (κ3) is 4.13. The zero-order valence-corrected chi connectivity index (χ0v) is 13.9. The van der Waals surface area contributed by atoms with E-state index < -0.39 is 0 Å². The first-order chi connectivity index (χ1) is 9.20. The van der Waals surface area contributed by atoms with Crippen molar-refractivity contribution in [1.82, 2.24) is 10.3 Å². The molecule has 100 valence electrons. The first-order valence-corrected chi connectivity index (χ1v) is 7.78. The zero-order valence-electron chi connectivity index (χ0n) is 10.7. The Morgan fingerprint density at radius 2 is 1.95 bits per heavy atom.